The molecule has 2 aromatic carbocycles. The molecule has 118 valence electrons. The number of hydrogen-bond acceptors (Lipinski definition) is 2. The Morgan fingerprint density at radius 2 is 1.87 bits per heavy atom. The van der Waals surface area contributed by atoms with E-state index >= 15 is 0 Å². The number of amides is 1. The molecular formula is C17H14F2N2O2. The molecule has 0 spiro atoms. The Kier molecular flexibility index (Phi) is 4.23. The smallest absolute Gasteiger partial charge is 0.387 e. The Labute approximate surface area is 131 Å². The SMILES string of the molecule is O=C(NCc1ccc(OC(F)F)cc1)c1cc2ccccc2[nH]1. The summed E-state index contributed by atoms with van der Waals surface area (Å²) < 4.78 is 28.4. The van der Waals surface area contributed by atoms with Crippen molar-refractivity contribution in [2.24, 2.45) is 0 Å². The second kappa shape index (κ2) is 6.48. The minimum atomic E-state index is -2.84. The van der Waals surface area contributed by atoms with Gasteiger partial charge in [0.15, 0.2) is 0 Å². The lowest BCUT2D eigenvalue weighted by atomic mass is 10.2. The van der Waals surface area contributed by atoms with Crippen molar-refractivity contribution < 1.29 is 18.3 Å². The minimum absolute atomic E-state index is 0.0886. The monoisotopic (exact) mass is 316 g/mol. The van der Waals surface area contributed by atoms with Gasteiger partial charge in [0.25, 0.3) is 5.91 Å². The molecule has 0 aliphatic heterocycles. The predicted molar refractivity (Wildman–Crippen MR) is 82.5 cm³/mol. The molecular weight excluding hydrogens is 302 g/mol. The van der Waals surface area contributed by atoms with Gasteiger partial charge in [0.05, 0.1) is 0 Å². The number of alkyl halides is 2. The number of para-hydroxylation sites is 1. The molecule has 0 bridgehead atoms. The zero-order valence-corrected chi connectivity index (χ0v) is 12.1. The summed E-state index contributed by atoms with van der Waals surface area (Å²) in [7, 11) is 0. The van der Waals surface area contributed by atoms with Gasteiger partial charge in [-0.3, -0.25) is 4.79 Å². The lowest BCUT2D eigenvalue weighted by Gasteiger charge is -2.07. The highest BCUT2D eigenvalue weighted by atomic mass is 19.3. The average Bonchev–Trinajstić information content (AvgIpc) is 2.97. The summed E-state index contributed by atoms with van der Waals surface area (Å²) in [4.78, 5) is 15.2. The number of hydrogen-bond donors (Lipinski definition) is 2. The van der Waals surface area contributed by atoms with Crippen molar-refractivity contribution in [1.29, 1.82) is 0 Å². The number of carbonyl (C=O) groups is 1. The van der Waals surface area contributed by atoms with Gasteiger partial charge in [-0.25, -0.2) is 0 Å². The molecule has 3 aromatic rings. The highest BCUT2D eigenvalue weighted by molar-refractivity contribution is 5.97. The summed E-state index contributed by atoms with van der Waals surface area (Å²) in [6.07, 6.45) is 0. The number of carbonyl (C=O) groups excluding carboxylic acids is 1. The van der Waals surface area contributed by atoms with Crippen LogP contribution in [0.4, 0.5) is 8.78 Å². The van der Waals surface area contributed by atoms with Gasteiger partial charge in [0.1, 0.15) is 11.4 Å². The highest BCUT2D eigenvalue weighted by Gasteiger charge is 2.09. The molecule has 4 nitrogen and oxygen atoms in total. The van der Waals surface area contributed by atoms with Crippen LogP contribution in [-0.4, -0.2) is 17.5 Å². The molecule has 6 heteroatoms. The van der Waals surface area contributed by atoms with Crippen LogP contribution in [0.2, 0.25) is 0 Å². The van der Waals surface area contributed by atoms with Crippen molar-refractivity contribution in [3.05, 3.63) is 65.9 Å². The molecule has 1 aromatic heterocycles. The third-order valence-corrected chi connectivity index (χ3v) is 3.38. The van der Waals surface area contributed by atoms with E-state index in [1.54, 1.807) is 18.2 Å². The quantitative estimate of drug-likeness (QED) is 0.754. The third kappa shape index (κ3) is 3.66. The van der Waals surface area contributed by atoms with Crippen LogP contribution in [0.3, 0.4) is 0 Å². The van der Waals surface area contributed by atoms with Crippen molar-refractivity contribution in [2.45, 2.75) is 13.2 Å². The molecule has 1 heterocycles. The summed E-state index contributed by atoms with van der Waals surface area (Å²) in [5, 5.41) is 3.74. The Hall–Kier alpha value is -2.89. The van der Waals surface area contributed by atoms with Crippen molar-refractivity contribution in [3.63, 3.8) is 0 Å². The van der Waals surface area contributed by atoms with Crippen LogP contribution in [0.25, 0.3) is 10.9 Å². The molecule has 23 heavy (non-hydrogen) atoms. The zero-order chi connectivity index (χ0) is 16.2. The van der Waals surface area contributed by atoms with Crippen LogP contribution in [0.1, 0.15) is 16.1 Å². The zero-order valence-electron chi connectivity index (χ0n) is 12.1. The molecule has 0 radical (unpaired) electrons. The van der Waals surface area contributed by atoms with Crippen LogP contribution in [0.5, 0.6) is 5.75 Å². The van der Waals surface area contributed by atoms with Crippen LogP contribution >= 0.6 is 0 Å². The van der Waals surface area contributed by atoms with Crippen molar-refractivity contribution in [3.8, 4) is 5.75 Å². The van der Waals surface area contributed by atoms with Crippen molar-refractivity contribution in [1.82, 2.24) is 10.3 Å². The van der Waals surface area contributed by atoms with E-state index < -0.39 is 6.61 Å². The van der Waals surface area contributed by atoms with Crippen LogP contribution in [-0.2, 0) is 6.54 Å². The van der Waals surface area contributed by atoms with Crippen LogP contribution in [0, 0.1) is 0 Å². The number of aromatic nitrogens is 1. The van der Waals surface area contributed by atoms with E-state index in [1.807, 2.05) is 24.3 Å². The lowest BCUT2D eigenvalue weighted by molar-refractivity contribution is -0.0498. The maximum absolute atomic E-state index is 12.1. The van der Waals surface area contributed by atoms with Crippen molar-refractivity contribution >= 4 is 16.8 Å². The van der Waals surface area contributed by atoms with Crippen LogP contribution in [0.15, 0.2) is 54.6 Å². The fourth-order valence-corrected chi connectivity index (χ4v) is 2.26. The summed E-state index contributed by atoms with van der Waals surface area (Å²) in [6.45, 7) is -2.55. The predicted octanol–water partition coefficient (Wildman–Crippen LogP) is 3.70. The number of H-pyrrole nitrogens is 1. The topological polar surface area (TPSA) is 54.1 Å². The molecule has 3 rings (SSSR count). The molecule has 1 amide bonds. The maximum atomic E-state index is 12.1. The largest absolute Gasteiger partial charge is 0.435 e. The lowest BCUT2D eigenvalue weighted by Crippen LogP contribution is -2.23. The summed E-state index contributed by atoms with van der Waals surface area (Å²) in [5.41, 5.74) is 2.16. The molecule has 2 N–H and O–H groups in total. The Morgan fingerprint density at radius 1 is 1.13 bits per heavy atom. The normalized spacial score (nSPS) is 10.9. The number of halogens is 2. The second-order valence-corrected chi connectivity index (χ2v) is 4.98. The number of rotatable bonds is 5. The Bertz CT molecular complexity index is 780. The van der Waals surface area contributed by atoms with E-state index in [0.29, 0.717) is 12.2 Å². The fourth-order valence-electron chi connectivity index (χ4n) is 2.26. The van der Waals surface area contributed by atoms with Gasteiger partial charge in [0, 0.05) is 17.4 Å². The Balaban J connectivity index is 1.62. The average molecular weight is 316 g/mol. The second-order valence-electron chi connectivity index (χ2n) is 4.98. The highest BCUT2D eigenvalue weighted by Crippen LogP contribution is 2.16. The summed E-state index contributed by atoms with van der Waals surface area (Å²) in [5.74, 6) is -0.139. The van der Waals surface area contributed by atoms with Gasteiger partial charge in [-0.1, -0.05) is 30.3 Å². The number of nitrogens with one attached hydrogen (secondary N) is 2. The molecule has 0 fully saturated rings. The minimum Gasteiger partial charge on any atom is -0.435 e. The van der Waals surface area contributed by atoms with Gasteiger partial charge in [-0.2, -0.15) is 8.78 Å². The van der Waals surface area contributed by atoms with E-state index in [4.69, 9.17) is 0 Å². The first kappa shape index (κ1) is 15.0. The first-order valence-corrected chi connectivity index (χ1v) is 7.01. The van der Waals surface area contributed by atoms with Gasteiger partial charge in [0.2, 0.25) is 0 Å². The van der Waals surface area contributed by atoms with Gasteiger partial charge in [-0.05, 0) is 29.8 Å². The van der Waals surface area contributed by atoms with Crippen LogP contribution < -0.4 is 10.1 Å². The van der Waals surface area contributed by atoms with Gasteiger partial charge in [-0.15, -0.1) is 0 Å². The number of benzene rings is 2. The number of aromatic amines is 1. The Morgan fingerprint density at radius 3 is 2.57 bits per heavy atom. The fraction of sp³-hybridized carbons (Fsp3) is 0.118. The van der Waals surface area contributed by atoms with E-state index in [-0.39, 0.29) is 11.7 Å². The molecule has 0 aliphatic carbocycles. The molecule has 0 aliphatic rings. The summed E-state index contributed by atoms with van der Waals surface area (Å²) >= 11 is 0. The molecule has 0 atom stereocenters. The first-order chi connectivity index (χ1) is 11.1. The number of ether oxygens (including phenoxy) is 1. The molecule has 0 saturated heterocycles. The van der Waals surface area contributed by atoms with E-state index in [0.717, 1.165) is 16.5 Å². The number of fused-ring (bicyclic) bond motifs is 1. The molecule has 0 unspecified atom stereocenters. The van der Waals surface area contributed by atoms with E-state index in [2.05, 4.69) is 15.0 Å². The molecule has 0 saturated carbocycles. The summed E-state index contributed by atoms with van der Waals surface area (Å²) in [6, 6.07) is 15.5. The van der Waals surface area contributed by atoms with Gasteiger partial charge >= 0.3 is 6.61 Å². The van der Waals surface area contributed by atoms with Crippen molar-refractivity contribution in [2.75, 3.05) is 0 Å². The standard InChI is InChI=1S/C17H14F2N2O2/c18-17(19)23-13-7-5-11(6-8-13)10-20-16(22)15-9-12-3-1-2-4-14(12)21-15/h1-9,17,21H,10H2,(H,20,22). The van der Waals surface area contributed by atoms with E-state index in [1.165, 1.54) is 12.1 Å². The van der Waals surface area contributed by atoms with Gasteiger partial charge < -0.3 is 15.0 Å². The first-order valence-electron chi connectivity index (χ1n) is 7.01. The van der Waals surface area contributed by atoms with E-state index in [9.17, 15) is 13.6 Å². The maximum Gasteiger partial charge on any atom is 0.387 e. The third-order valence-electron chi connectivity index (χ3n) is 3.38.